The summed E-state index contributed by atoms with van der Waals surface area (Å²) in [7, 11) is 0. The summed E-state index contributed by atoms with van der Waals surface area (Å²) in [5.41, 5.74) is 6.45. The summed E-state index contributed by atoms with van der Waals surface area (Å²) in [6, 6.07) is 35.0. The molecule has 3 heterocycles. The number of likely N-dealkylation sites (N-methyl/N-ethyl adjacent to an activating group) is 3. The molecule has 3 aromatic heterocycles. The standard InChI is InChI=1S/3C25H29I2NO3/c3*1-4-7-11-22-23(18-10-8-9-12-21(18)31-22)24(29)17-15-19(26)25(20(27)16-17)30-14-13-28(5-2)6-3/h3*8-10,12,15-16H,4-7,11,13-14H2,1-3H3. The van der Waals surface area contributed by atoms with E-state index in [-0.39, 0.29) is 17.3 Å². The van der Waals surface area contributed by atoms with Crippen molar-refractivity contribution in [2.75, 3.05) is 78.7 Å². The second kappa shape index (κ2) is 39.3. The first-order valence-electron chi connectivity index (χ1n) is 32.7. The van der Waals surface area contributed by atoms with Crippen molar-refractivity contribution in [3.63, 3.8) is 0 Å². The number of carbonyl (C=O) groups excluding carboxylic acids is 3. The van der Waals surface area contributed by atoms with Crippen LogP contribution >= 0.6 is 136 Å². The molecule has 0 saturated carbocycles. The van der Waals surface area contributed by atoms with Crippen molar-refractivity contribution >= 4 is 186 Å². The number of ketones is 3. The van der Waals surface area contributed by atoms with E-state index in [9.17, 15) is 14.4 Å². The van der Waals surface area contributed by atoms with Gasteiger partial charge in [-0.2, -0.15) is 0 Å². The number of aryl methyl sites for hydroxylation is 3. The van der Waals surface area contributed by atoms with Crippen LogP contribution in [0.4, 0.5) is 0 Å². The molecule has 0 atom stereocenters. The van der Waals surface area contributed by atoms with Gasteiger partial charge >= 0.3 is 0 Å². The summed E-state index contributed by atoms with van der Waals surface area (Å²) in [5, 5.41) is 2.68. The molecule has 12 nitrogen and oxygen atoms in total. The van der Waals surface area contributed by atoms with Crippen molar-refractivity contribution < 1.29 is 41.8 Å². The smallest absolute Gasteiger partial charge is 0.197 e. The van der Waals surface area contributed by atoms with Crippen LogP contribution in [-0.4, -0.2) is 111 Å². The van der Waals surface area contributed by atoms with Gasteiger partial charge in [-0.3, -0.25) is 14.4 Å². The Kier molecular flexibility index (Phi) is 32.5. The monoisotopic (exact) mass is 1940 g/mol. The van der Waals surface area contributed by atoms with Crippen molar-refractivity contribution in [1.82, 2.24) is 14.7 Å². The number of halogens is 6. The molecule has 0 aliphatic carbocycles. The number of ether oxygens (including phenoxy) is 3. The van der Waals surface area contributed by atoms with Crippen molar-refractivity contribution in [3.05, 3.63) is 181 Å². The molecule has 0 saturated heterocycles. The third-order valence-corrected chi connectivity index (χ3v) is 21.2. The molecule has 0 aliphatic rings. The summed E-state index contributed by atoms with van der Waals surface area (Å²) in [6.07, 6.45) is 8.46. The summed E-state index contributed by atoms with van der Waals surface area (Å²) in [5.74, 6) is 4.98. The maximum absolute atomic E-state index is 13.6. The van der Waals surface area contributed by atoms with E-state index >= 15 is 0 Å². The zero-order valence-electron chi connectivity index (χ0n) is 55.0. The molecule has 93 heavy (non-hydrogen) atoms. The first kappa shape index (κ1) is 77.0. The van der Waals surface area contributed by atoms with Crippen LogP contribution in [0.2, 0.25) is 0 Å². The number of para-hydroxylation sites is 3. The van der Waals surface area contributed by atoms with Gasteiger partial charge in [-0.1, -0.05) is 136 Å². The van der Waals surface area contributed by atoms with Gasteiger partial charge in [0.1, 0.15) is 71.1 Å². The highest BCUT2D eigenvalue weighted by Gasteiger charge is 2.27. The molecule has 0 amide bonds. The molecule has 6 aromatic carbocycles. The van der Waals surface area contributed by atoms with Crippen LogP contribution in [0.25, 0.3) is 32.9 Å². The molecule has 0 spiro atoms. The fourth-order valence-corrected chi connectivity index (χ4v) is 17.2. The molecule has 498 valence electrons. The highest BCUT2D eigenvalue weighted by Crippen LogP contribution is 2.38. The first-order chi connectivity index (χ1) is 45.0. The zero-order chi connectivity index (χ0) is 67.1. The van der Waals surface area contributed by atoms with Gasteiger partial charge in [0, 0.05) is 71.7 Å². The maximum Gasteiger partial charge on any atom is 0.197 e. The topological polar surface area (TPSA) is 128 Å². The fraction of sp³-hybridized carbons (Fsp3) is 0.400. The highest BCUT2D eigenvalue weighted by molar-refractivity contribution is 14.1. The van der Waals surface area contributed by atoms with Crippen LogP contribution in [-0.2, 0) is 19.3 Å². The first-order valence-corrected chi connectivity index (χ1v) is 39.1. The summed E-state index contributed by atoms with van der Waals surface area (Å²) < 4.78 is 42.2. The van der Waals surface area contributed by atoms with Gasteiger partial charge in [0.2, 0.25) is 0 Å². The summed E-state index contributed by atoms with van der Waals surface area (Å²) in [4.78, 5) is 47.8. The largest absolute Gasteiger partial charge is 0.490 e. The number of rotatable bonds is 33. The Morgan fingerprint density at radius 3 is 0.796 bits per heavy atom. The molecule has 0 aliphatic heterocycles. The molecule has 0 N–H and O–H groups in total. The molecular formula is C75H87I6N3O9. The molecule has 9 rings (SSSR count). The average Bonchev–Trinajstić information content (AvgIpc) is 1.72. The second-order valence-corrected chi connectivity index (χ2v) is 29.4. The Labute approximate surface area is 632 Å². The number of unbranched alkanes of at least 4 members (excludes halogenated alkanes) is 3. The van der Waals surface area contributed by atoms with Crippen LogP contribution in [0.3, 0.4) is 0 Å². The molecule has 0 radical (unpaired) electrons. The van der Waals surface area contributed by atoms with Crippen molar-refractivity contribution in [2.45, 2.75) is 120 Å². The van der Waals surface area contributed by atoms with E-state index in [1.54, 1.807) is 0 Å². The van der Waals surface area contributed by atoms with Gasteiger partial charge in [-0.25, -0.2) is 0 Å². The minimum Gasteiger partial charge on any atom is -0.490 e. The average molecular weight is 1940 g/mol. The predicted octanol–water partition coefficient (Wildman–Crippen LogP) is 20.8. The second-order valence-electron chi connectivity index (χ2n) is 22.4. The number of carbonyl (C=O) groups is 3. The predicted molar refractivity (Wildman–Crippen MR) is 430 cm³/mol. The number of benzene rings is 6. The van der Waals surface area contributed by atoms with Gasteiger partial charge in [-0.05, 0) is 249 Å². The van der Waals surface area contributed by atoms with E-state index < -0.39 is 0 Å². The molecule has 0 bridgehead atoms. The van der Waals surface area contributed by atoms with Crippen LogP contribution in [0.15, 0.2) is 122 Å². The lowest BCUT2D eigenvalue weighted by Gasteiger charge is -2.19. The minimum absolute atomic E-state index is 0.0153. The molecule has 18 heteroatoms. The van der Waals surface area contributed by atoms with Crippen LogP contribution in [0.1, 0.15) is 166 Å². The molecule has 9 aromatic rings. The van der Waals surface area contributed by atoms with Crippen LogP contribution < -0.4 is 14.2 Å². The lowest BCUT2D eigenvalue weighted by molar-refractivity contribution is 0.103. The van der Waals surface area contributed by atoms with E-state index in [0.717, 1.165) is 206 Å². The molecule has 0 unspecified atom stereocenters. The SMILES string of the molecule is CCCCc1oc2ccccc2c1C(=O)c1cc(I)c(OCCN(CC)CC)c(I)c1.CCCCc1oc2ccccc2c1C(=O)c1cc(I)c(OCCN(CC)CC)c(I)c1.CCCCc1oc2ccccc2c1C(=O)c1cc(I)c(OCCN(CC)CC)c(I)c1. The maximum atomic E-state index is 13.6. The van der Waals surface area contributed by atoms with Gasteiger partial charge < -0.3 is 42.2 Å². The minimum atomic E-state index is 0.0153. The summed E-state index contributed by atoms with van der Waals surface area (Å²) >= 11 is 13.6. The number of hydrogen-bond donors (Lipinski definition) is 0. The normalized spacial score (nSPS) is 11.4. The Morgan fingerprint density at radius 2 is 0.581 bits per heavy atom. The third-order valence-electron chi connectivity index (χ3n) is 16.4. The lowest BCUT2D eigenvalue weighted by Crippen LogP contribution is -2.28. The van der Waals surface area contributed by atoms with Crippen molar-refractivity contribution in [3.8, 4) is 17.2 Å². The van der Waals surface area contributed by atoms with Crippen molar-refractivity contribution in [2.24, 2.45) is 0 Å². The van der Waals surface area contributed by atoms with E-state index in [1.807, 2.05) is 109 Å². The Balaban J connectivity index is 0.000000198. The Bertz CT molecular complexity index is 3450. The van der Waals surface area contributed by atoms with Crippen LogP contribution in [0.5, 0.6) is 17.2 Å². The highest BCUT2D eigenvalue weighted by atomic mass is 127. The molecule has 0 fully saturated rings. The van der Waals surface area contributed by atoms with Gasteiger partial charge in [-0.15, -0.1) is 0 Å². The van der Waals surface area contributed by atoms with E-state index in [2.05, 4.69) is 213 Å². The zero-order valence-corrected chi connectivity index (χ0v) is 68.0. The number of fused-ring (bicyclic) bond motifs is 3. The summed E-state index contributed by atoms with van der Waals surface area (Å²) in [6.45, 7) is 30.0. The molecular weight excluding hydrogens is 1850 g/mol. The van der Waals surface area contributed by atoms with Crippen molar-refractivity contribution in [1.29, 1.82) is 0 Å². The fourth-order valence-electron chi connectivity index (χ4n) is 10.9. The number of nitrogens with zero attached hydrogens (tertiary/aromatic N) is 3. The Hall–Kier alpha value is -3.39. The van der Waals surface area contributed by atoms with Gasteiger partial charge in [0.15, 0.2) is 17.3 Å². The van der Waals surface area contributed by atoms with Gasteiger partial charge in [0.25, 0.3) is 0 Å². The van der Waals surface area contributed by atoms with E-state index in [1.165, 1.54) is 0 Å². The Morgan fingerprint density at radius 1 is 0.355 bits per heavy atom. The quantitative estimate of drug-likeness (QED) is 0.0287. The van der Waals surface area contributed by atoms with E-state index in [4.69, 9.17) is 27.5 Å². The number of hydrogen-bond acceptors (Lipinski definition) is 12. The number of furan rings is 3. The third kappa shape index (κ3) is 20.6. The lowest BCUT2D eigenvalue weighted by atomic mass is 9.98. The van der Waals surface area contributed by atoms with E-state index in [0.29, 0.717) is 53.2 Å². The van der Waals surface area contributed by atoms with Crippen LogP contribution in [0, 0.1) is 21.4 Å². The van der Waals surface area contributed by atoms with Gasteiger partial charge in [0.05, 0.1) is 38.1 Å².